The van der Waals surface area contributed by atoms with Gasteiger partial charge in [0.1, 0.15) is 0 Å². The van der Waals surface area contributed by atoms with Crippen molar-refractivity contribution in [1.29, 1.82) is 0 Å². The van der Waals surface area contributed by atoms with Crippen LogP contribution >= 0.6 is 0 Å². The minimum Gasteiger partial charge on any atom is -0.479 e. The molecule has 1 aliphatic heterocycles. The first-order valence-electron chi connectivity index (χ1n) is 8.01. The molecule has 0 radical (unpaired) electrons. The number of carboxylic acids is 1. The molecule has 1 N–H and O–H groups in total. The van der Waals surface area contributed by atoms with Gasteiger partial charge in [-0.3, -0.25) is 4.79 Å². The Bertz CT molecular complexity index is 947. The van der Waals surface area contributed by atoms with Crippen LogP contribution < -0.4 is 0 Å². The zero-order chi connectivity index (χ0) is 17.4. The maximum atomic E-state index is 12.8. The highest BCUT2D eigenvalue weighted by molar-refractivity contribution is 6.03. The molecule has 4 rings (SSSR count). The first-order chi connectivity index (χ1) is 12.2. The van der Waals surface area contributed by atoms with Crippen LogP contribution in [0.1, 0.15) is 27.5 Å². The Morgan fingerprint density at radius 2 is 1.64 bits per heavy atom. The largest absolute Gasteiger partial charge is 0.479 e. The van der Waals surface area contributed by atoms with Gasteiger partial charge in [0.15, 0.2) is 6.04 Å². The summed E-state index contributed by atoms with van der Waals surface area (Å²) in [6, 6.07) is 17.5. The van der Waals surface area contributed by atoms with Gasteiger partial charge in [-0.15, -0.1) is 0 Å². The van der Waals surface area contributed by atoms with Gasteiger partial charge >= 0.3 is 5.97 Å². The first kappa shape index (κ1) is 15.2. The Morgan fingerprint density at radius 3 is 2.40 bits per heavy atom. The van der Waals surface area contributed by atoms with Crippen molar-refractivity contribution < 1.29 is 14.7 Å². The number of hydrogen-bond donors (Lipinski definition) is 1. The summed E-state index contributed by atoms with van der Waals surface area (Å²) in [5.74, 6) is -1.26. The number of nitrogens with zero attached hydrogens (tertiary/aromatic N) is 2. The fourth-order valence-corrected chi connectivity index (χ4v) is 3.37. The van der Waals surface area contributed by atoms with Gasteiger partial charge < -0.3 is 14.6 Å². The molecule has 0 saturated carbocycles. The van der Waals surface area contributed by atoms with E-state index < -0.39 is 12.0 Å². The summed E-state index contributed by atoms with van der Waals surface area (Å²) in [6.07, 6.45) is 3.85. The maximum Gasteiger partial charge on any atom is 0.331 e. The quantitative estimate of drug-likeness (QED) is 0.798. The van der Waals surface area contributed by atoms with E-state index in [9.17, 15) is 14.7 Å². The molecule has 1 amide bonds. The Morgan fingerprint density at radius 1 is 0.960 bits per heavy atom. The third-order valence-corrected chi connectivity index (χ3v) is 4.51. The van der Waals surface area contributed by atoms with Crippen LogP contribution in [0.3, 0.4) is 0 Å². The van der Waals surface area contributed by atoms with Gasteiger partial charge in [-0.2, -0.15) is 0 Å². The molecule has 1 aromatic heterocycles. The number of carbonyl (C=O) groups is 2. The van der Waals surface area contributed by atoms with Crippen molar-refractivity contribution in [3.05, 3.63) is 89.7 Å². The summed E-state index contributed by atoms with van der Waals surface area (Å²) >= 11 is 0. The van der Waals surface area contributed by atoms with Crippen LogP contribution in [0.5, 0.6) is 0 Å². The van der Waals surface area contributed by atoms with Crippen molar-refractivity contribution in [3.8, 4) is 5.69 Å². The summed E-state index contributed by atoms with van der Waals surface area (Å²) in [5.41, 5.74) is 2.85. The number of hydrogen-bond acceptors (Lipinski definition) is 2. The second kappa shape index (κ2) is 5.94. The highest BCUT2D eigenvalue weighted by Gasteiger charge is 2.41. The van der Waals surface area contributed by atoms with E-state index in [1.165, 1.54) is 4.90 Å². The second-order valence-corrected chi connectivity index (χ2v) is 5.98. The van der Waals surface area contributed by atoms with Crippen molar-refractivity contribution >= 4 is 11.9 Å². The van der Waals surface area contributed by atoms with Crippen LogP contribution in [-0.4, -0.2) is 26.5 Å². The number of carboxylic acid groups (broad SMARTS) is 1. The fourth-order valence-electron chi connectivity index (χ4n) is 3.37. The van der Waals surface area contributed by atoms with Gasteiger partial charge in [0, 0.05) is 30.2 Å². The lowest BCUT2D eigenvalue weighted by molar-refractivity contribution is -0.142. The van der Waals surface area contributed by atoms with Crippen LogP contribution in [0, 0.1) is 0 Å². The lowest BCUT2D eigenvalue weighted by atomic mass is 10.0. The summed E-state index contributed by atoms with van der Waals surface area (Å²) in [7, 11) is 0. The van der Waals surface area contributed by atoms with Crippen molar-refractivity contribution in [1.82, 2.24) is 9.47 Å². The zero-order valence-corrected chi connectivity index (χ0v) is 13.4. The number of fused-ring (bicyclic) bond motifs is 1. The normalized spacial score (nSPS) is 16.1. The number of para-hydroxylation sites is 1. The molecule has 5 nitrogen and oxygen atoms in total. The number of rotatable bonds is 4. The number of benzene rings is 2. The van der Waals surface area contributed by atoms with E-state index in [4.69, 9.17) is 0 Å². The van der Waals surface area contributed by atoms with Crippen LogP contribution in [-0.2, 0) is 11.3 Å². The Hall–Kier alpha value is -3.34. The van der Waals surface area contributed by atoms with Crippen molar-refractivity contribution in [2.45, 2.75) is 12.6 Å². The zero-order valence-electron chi connectivity index (χ0n) is 13.4. The smallest absolute Gasteiger partial charge is 0.331 e. The average Bonchev–Trinajstić information content (AvgIpc) is 3.24. The molecule has 1 aliphatic rings. The maximum absolute atomic E-state index is 12.8. The fraction of sp³-hybridized carbons (Fsp3) is 0.100. The molecule has 0 bridgehead atoms. The molecule has 3 aromatic rings. The molecule has 5 heteroatoms. The van der Waals surface area contributed by atoms with Crippen LogP contribution in [0.25, 0.3) is 5.69 Å². The lowest BCUT2D eigenvalue weighted by Crippen LogP contribution is -2.32. The standard InChI is InChI=1S/C20H16N2O3/c23-19-16-9-3-2-8-15(16)18(20(24)25)22(19)13-14-7-1-4-10-17(14)21-11-5-6-12-21/h1-12,18H,13H2,(H,24,25). The summed E-state index contributed by atoms with van der Waals surface area (Å²) in [4.78, 5) is 26.0. The van der Waals surface area contributed by atoms with E-state index in [0.717, 1.165) is 11.3 Å². The predicted octanol–water partition coefficient (Wildman–Crippen LogP) is 3.26. The number of aliphatic carboxylic acids is 1. The van der Waals surface area contributed by atoms with Gasteiger partial charge in [-0.05, 0) is 35.4 Å². The van der Waals surface area contributed by atoms with Crippen molar-refractivity contribution in [3.63, 3.8) is 0 Å². The van der Waals surface area contributed by atoms with E-state index in [0.29, 0.717) is 11.1 Å². The number of aromatic nitrogens is 1. The molecule has 1 atom stereocenters. The van der Waals surface area contributed by atoms with Crippen molar-refractivity contribution in [2.75, 3.05) is 0 Å². The molecule has 0 saturated heterocycles. The molecule has 2 aromatic carbocycles. The van der Waals surface area contributed by atoms with Gasteiger partial charge in [0.05, 0.1) is 0 Å². The SMILES string of the molecule is O=C(O)C1c2ccccc2C(=O)N1Cc1ccccc1-n1cccc1. The highest BCUT2D eigenvalue weighted by Crippen LogP contribution is 2.35. The van der Waals surface area contributed by atoms with E-state index in [2.05, 4.69) is 0 Å². The molecule has 0 fully saturated rings. The number of amides is 1. The monoisotopic (exact) mass is 332 g/mol. The molecule has 2 heterocycles. The van der Waals surface area contributed by atoms with Crippen LogP contribution in [0.2, 0.25) is 0 Å². The molecule has 0 spiro atoms. The second-order valence-electron chi connectivity index (χ2n) is 5.98. The lowest BCUT2D eigenvalue weighted by Gasteiger charge is -2.23. The van der Waals surface area contributed by atoms with Crippen LogP contribution in [0.4, 0.5) is 0 Å². The van der Waals surface area contributed by atoms with Crippen LogP contribution in [0.15, 0.2) is 73.1 Å². The molecular weight excluding hydrogens is 316 g/mol. The molecule has 1 unspecified atom stereocenters. The van der Waals surface area contributed by atoms with Gasteiger partial charge in [-0.25, -0.2) is 4.79 Å². The minimum atomic E-state index is -1.02. The Balaban J connectivity index is 1.75. The van der Waals surface area contributed by atoms with E-state index in [-0.39, 0.29) is 12.5 Å². The molecule has 0 aliphatic carbocycles. The van der Waals surface area contributed by atoms with E-state index in [1.807, 2.05) is 53.4 Å². The third-order valence-electron chi connectivity index (χ3n) is 4.51. The van der Waals surface area contributed by atoms with E-state index in [1.54, 1.807) is 24.3 Å². The topological polar surface area (TPSA) is 62.5 Å². The molecular formula is C20H16N2O3. The first-order valence-corrected chi connectivity index (χ1v) is 8.01. The van der Waals surface area contributed by atoms with Gasteiger partial charge in [0.2, 0.25) is 0 Å². The Labute approximate surface area is 144 Å². The highest BCUT2D eigenvalue weighted by atomic mass is 16.4. The average molecular weight is 332 g/mol. The third kappa shape index (κ3) is 2.50. The predicted molar refractivity (Wildman–Crippen MR) is 92.5 cm³/mol. The number of carbonyl (C=O) groups excluding carboxylic acids is 1. The summed E-state index contributed by atoms with van der Waals surface area (Å²) in [5, 5.41) is 9.68. The minimum absolute atomic E-state index is 0.235. The Kier molecular flexibility index (Phi) is 3.61. The summed E-state index contributed by atoms with van der Waals surface area (Å²) in [6.45, 7) is 0.235. The van der Waals surface area contributed by atoms with Gasteiger partial charge in [-0.1, -0.05) is 36.4 Å². The van der Waals surface area contributed by atoms with Crippen molar-refractivity contribution in [2.24, 2.45) is 0 Å². The summed E-state index contributed by atoms with van der Waals surface area (Å²) < 4.78 is 1.96. The van der Waals surface area contributed by atoms with Gasteiger partial charge in [0.25, 0.3) is 5.91 Å². The molecule has 124 valence electrons. The molecule has 25 heavy (non-hydrogen) atoms. The van der Waals surface area contributed by atoms with E-state index >= 15 is 0 Å².